The predicted octanol–water partition coefficient (Wildman–Crippen LogP) is 4.24. The van der Waals surface area contributed by atoms with Gasteiger partial charge in [-0.3, -0.25) is 10.2 Å². The van der Waals surface area contributed by atoms with Crippen LogP contribution in [0.2, 0.25) is 0 Å². The van der Waals surface area contributed by atoms with E-state index >= 15 is 0 Å². The van der Waals surface area contributed by atoms with Gasteiger partial charge in [-0.1, -0.05) is 12.1 Å². The van der Waals surface area contributed by atoms with Crippen molar-refractivity contribution in [2.24, 2.45) is 0 Å². The molecule has 2 aromatic rings. The van der Waals surface area contributed by atoms with Crippen molar-refractivity contribution in [2.45, 2.75) is 6.54 Å². The van der Waals surface area contributed by atoms with E-state index in [1.807, 2.05) is 30.3 Å². The molecule has 1 aliphatic carbocycles. The number of nitrogens with one attached hydrogen (secondary N) is 3. The number of methoxy groups -OCH3 is 3. The summed E-state index contributed by atoms with van der Waals surface area (Å²) in [7, 11) is 4.97. The molecule has 0 saturated heterocycles. The van der Waals surface area contributed by atoms with Crippen LogP contribution in [0.3, 0.4) is 0 Å². The zero-order valence-electron chi connectivity index (χ0n) is 15.0. The SMILES string of the molecule is COc1cccc(CNc2[nH][nH]c3c4cc(OC)c(OC)cc4cc2-3)c1. The van der Waals surface area contributed by atoms with Crippen molar-refractivity contribution in [3.8, 4) is 28.5 Å². The Balaban J connectivity index is 1.64. The fraction of sp³-hybridized carbons (Fsp3) is 0.200. The Hall–Kier alpha value is -3.28. The summed E-state index contributed by atoms with van der Waals surface area (Å²) in [6.07, 6.45) is 0. The fourth-order valence-corrected chi connectivity index (χ4v) is 3.24. The minimum Gasteiger partial charge on any atom is -0.497 e. The molecule has 0 atom stereocenters. The summed E-state index contributed by atoms with van der Waals surface area (Å²) >= 11 is 0. The number of hydrogen-bond donors (Lipinski definition) is 3. The lowest BCUT2D eigenvalue weighted by Crippen LogP contribution is -2.00. The minimum atomic E-state index is 0.689. The third kappa shape index (κ3) is 2.69. The summed E-state index contributed by atoms with van der Waals surface area (Å²) in [5, 5.41) is 12.1. The summed E-state index contributed by atoms with van der Waals surface area (Å²) in [6.45, 7) is 0.689. The molecule has 4 rings (SSSR count). The molecule has 0 unspecified atom stereocenters. The molecule has 0 aromatic heterocycles. The second-order valence-corrected chi connectivity index (χ2v) is 6.06. The van der Waals surface area contributed by atoms with Crippen LogP contribution in [0.1, 0.15) is 5.56 Å². The van der Waals surface area contributed by atoms with Crippen molar-refractivity contribution in [2.75, 3.05) is 26.6 Å². The first kappa shape index (κ1) is 16.2. The van der Waals surface area contributed by atoms with Crippen molar-refractivity contribution >= 4 is 16.6 Å². The molecule has 6 nitrogen and oxygen atoms in total. The summed E-state index contributed by atoms with van der Waals surface area (Å²) in [5.41, 5.74) is 3.28. The standard InChI is InChI=1S/C20H21N3O3/c1-24-14-6-4-5-12(7-14)11-21-20-16-8-13-9-17(25-2)18(26-3)10-15(13)19(16)22-23-20/h4-10,21-23H,11H2,1-3H3. The number of fused-ring (bicyclic) bond motifs is 3. The molecular weight excluding hydrogens is 330 g/mol. The largest absolute Gasteiger partial charge is 0.497 e. The van der Waals surface area contributed by atoms with E-state index in [9.17, 15) is 0 Å². The highest BCUT2D eigenvalue weighted by Crippen LogP contribution is 2.42. The Bertz CT molecular complexity index is 1020. The van der Waals surface area contributed by atoms with Gasteiger partial charge in [0.15, 0.2) is 11.5 Å². The van der Waals surface area contributed by atoms with Gasteiger partial charge in [-0.2, -0.15) is 0 Å². The zero-order valence-corrected chi connectivity index (χ0v) is 15.0. The number of rotatable bonds is 6. The van der Waals surface area contributed by atoms with Crippen LogP contribution in [0.4, 0.5) is 5.82 Å². The van der Waals surface area contributed by atoms with Crippen molar-refractivity contribution in [3.63, 3.8) is 0 Å². The molecule has 2 aliphatic rings. The summed E-state index contributed by atoms with van der Waals surface area (Å²) in [6, 6.07) is 14.1. The van der Waals surface area contributed by atoms with Crippen LogP contribution >= 0.6 is 0 Å². The van der Waals surface area contributed by atoms with E-state index in [1.165, 1.54) is 0 Å². The van der Waals surface area contributed by atoms with Crippen molar-refractivity contribution in [1.29, 1.82) is 0 Å². The lowest BCUT2D eigenvalue weighted by molar-refractivity contribution is 0.356. The molecule has 0 radical (unpaired) electrons. The number of anilines is 1. The number of aromatic amines is 2. The second kappa shape index (κ2) is 6.55. The van der Waals surface area contributed by atoms with Crippen LogP contribution < -0.4 is 19.5 Å². The predicted molar refractivity (Wildman–Crippen MR) is 103 cm³/mol. The van der Waals surface area contributed by atoms with Gasteiger partial charge in [0.05, 0.1) is 27.0 Å². The van der Waals surface area contributed by atoms with E-state index in [0.717, 1.165) is 44.9 Å². The van der Waals surface area contributed by atoms with Crippen LogP contribution in [0.5, 0.6) is 17.2 Å². The Morgan fingerprint density at radius 2 is 1.69 bits per heavy atom. The highest BCUT2D eigenvalue weighted by molar-refractivity contribution is 6.05. The Morgan fingerprint density at radius 3 is 2.46 bits per heavy atom. The van der Waals surface area contributed by atoms with Crippen LogP contribution in [-0.4, -0.2) is 31.5 Å². The Kier molecular flexibility index (Phi) is 4.08. The average Bonchev–Trinajstić information content (AvgIpc) is 3.24. The summed E-state index contributed by atoms with van der Waals surface area (Å²) < 4.78 is 16.1. The maximum Gasteiger partial charge on any atom is 0.161 e. The first-order valence-corrected chi connectivity index (χ1v) is 8.35. The van der Waals surface area contributed by atoms with Crippen LogP contribution in [-0.2, 0) is 6.54 Å². The molecule has 1 heterocycles. The smallest absolute Gasteiger partial charge is 0.161 e. The molecular formula is C20H21N3O3. The average molecular weight is 351 g/mol. The van der Waals surface area contributed by atoms with Gasteiger partial charge < -0.3 is 19.5 Å². The van der Waals surface area contributed by atoms with Gasteiger partial charge in [-0.15, -0.1) is 0 Å². The minimum absolute atomic E-state index is 0.689. The normalized spacial score (nSPS) is 11.0. The van der Waals surface area contributed by atoms with Crippen molar-refractivity contribution < 1.29 is 14.2 Å². The van der Waals surface area contributed by atoms with Gasteiger partial charge in [0.1, 0.15) is 11.6 Å². The second-order valence-electron chi connectivity index (χ2n) is 6.06. The Morgan fingerprint density at radius 1 is 0.885 bits per heavy atom. The maximum absolute atomic E-state index is 5.42. The fourth-order valence-electron chi connectivity index (χ4n) is 3.24. The van der Waals surface area contributed by atoms with Crippen molar-refractivity contribution in [1.82, 2.24) is 10.2 Å². The molecule has 134 valence electrons. The van der Waals surface area contributed by atoms with E-state index in [1.54, 1.807) is 21.3 Å². The number of benzene rings is 2. The van der Waals surface area contributed by atoms with Crippen LogP contribution in [0, 0.1) is 0 Å². The van der Waals surface area contributed by atoms with Gasteiger partial charge in [0.2, 0.25) is 0 Å². The van der Waals surface area contributed by atoms with Gasteiger partial charge in [-0.25, -0.2) is 0 Å². The lowest BCUT2D eigenvalue weighted by atomic mass is 10.2. The summed E-state index contributed by atoms with van der Waals surface area (Å²) in [5.74, 6) is 3.23. The highest BCUT2D eigenvalue weighted by atomic mass is 16.5. The van der Waals surface area contributed by atoms with Crippen LogP contribution in [0.25, 0.3) is 22.0 Å². The molecule has 1 aliphatic heterocycles. The van der Waals surface area contributed by atoms with Crippen molar-refractivity contribution in [3.05, 3.63) is 48.0 Å². The first-order valence-electron chi connectivity index (χ1n) is 8.35. The van der Waals surface area contributed by atoms with E-state index in [-0.39, 0.29) is 0 Å². The van der Waals surface area contributed by atoms with E-state index in [2.05, 4.69) is 27.6 Å². The summed E-state index contributed by atoms with van der Waals surface area (Å²) in [4.78, 5) is 0. The third-order valence-corrected chi connectivity index (χ3v) is 4.58. The number of hydrogen-bond acceptors (Lipinski definition) is 4. The Labute approximate surface area is 151 Å². The van der Waals surface area contributed by atoms with E-state index < -0.39 is 0 Å². The maximum atomic E-state index is 5.42. The highest BCUT2D eigenvalue weighted by Gasteiger charge is 2.19. The molecule has 0 saturated carbocycles. The lowest BCUT2D eigenvalue weighted by Gasteiger charge is -2.07. The molecule has 0 spiro atoms. The van der Waals surface area contributed by atoms with Gasteiger partial charge in [0, 0.05) is 17.5 Å². The van der Waals surface area contributed by atoms with Crippen LogP contribution in [0.15, 0.2) is 42.5 Å². The van der Waals surface area contributed by atoms with Gasteiger partial charge in [0.25, 0.3) is 0 Å². The molecule has 0 bridgehead atoms. The monoisotopic (exact) mass is 351 g/mol. The van der Waals surface area contributed by atoms with E-state index in [0.29, 0.717) is 12.3 Å². The number of aromatic nitrogens is 2. The molecule has 6 heteroatoms. The topological polar surface area (TPSA) is 71.3 Å². The van der Waals surface area contributed by atoms with Gasteiger partial charge >= 0.3 is 0 Å². The third-order valence-electron chi connectivity index (χ3n) is 4.58. The van der Waals surface area contributed by atoms with Gasteiger partial charge in [-0.05, 0) is 41.3 Å². The molecule has 26 heavy (non-hydrogen) atoms. The molecule has 0 fully saturated rings. The zero-order chi connectivity index (χ0) is 18.1. The quantitative estimate of drug-likeness (QED) is 0.486. The number of H-pyrrole nitrogens is 2. The molecule has 2 aromatic carbocycles. The first-order chi connectivity index (χ1) is 12.7. The molecule has 3 N–H and O–H groups in total. The molecule has 0 amide bonds. The number of ether oxygens (including phenoxy) is 3. The van der Waals surface area contributed by atoms with E-state index in [4.69, 9.17) is 14.2 Å².